The van der Waals surface area contributed by atoms with E-state index in [2.05, 4.69) is 4.99 Å². The molecule has 2 heterocycles. The first kappa shape index (κ1) is 26.6. The summed E-state index contributed by atoms with van der Waals surface area (Å²) in [6.07, 6.45) is 1.75. The molecule has 0 fully saturated rings. The predicted molar refractivity (Wildman–Crippen MR) is 149 cm³/mol. The van der Waals surface area contributed by atoms with Crippen LogP contribution in [0.5, 0.6) is 5.75 Å². The van der Waals surface area contributed by atoms with Crippen LogP contribution in [0.2, 0.25) is 5.02 Å². The second-order valence-corrected chi connectivity index (χ2v) is 10.3. The Balaban J connectivity index is 1.59. The van der Waals surface area contributed by atoms with Gasteiger partial charge in [-0.2, -0.15) is 0 Å². The van der Waals surface area contributed by atoms with Crippen molar-refractivity contribution in [3.05, 3.63) is 131 Å². The van der Waals surface area contributed by atoms with Crippen molar-refractivity contribution >= 4 is 35.0 Å². The molecule has 0 aliphatic carbocycles. The molecule has 4 aromatic rings. The number of nitrogens with zero attached hydrogens (tertiary/aromatic N) is 2. The Labute approximate surface area is 232 Å². The van der Waals surface area contributed by atoms with E-state index in [1.165, 1.54) is 28.0 Å². The second-order valence-electron chi connectivity index (χ2n) is 8.81. The van der Waals surface area contributed by atoms with Crippen molar-refractivity contribution < 1.29 is 18.7 Å². The van der Waals surface area contributed by atoms with E-state index in [4.69, 9.17) is 21.1 Å². The van der Waals surface area contributed by atoms with Gasteiger partial charge >= 0.3 is 5.97 Å². The molecule has 6 nitrogen and oxygen atoms in total. The zero-order valence-corrected chi connectivity index (χ0v) is 22.8. The number of para-hydroxylation sites is 1. The topological polar surface area (TPSA) is 69.9 Å². The van der Waals surface area contributed by atoms with Gasteiger partial charge in [0.25, 0.3) is 5.56 Å². The molecule has 0 saturated carbocycles. The highest BCUT2D eigenvalue weighted by Gasteiger charge is 2.33. The average Bonchev–Trinajstić information content (AvgIpc) is 3.22. The molecule has 0 bridgehead atoms. The minimum absolute atomic E-state index is 0.169. The van der Waals surface area contributed by atoms with E-state index in [0.29, 0.717) is 43.5 Å². The van der Waals surface area contributed by atoms with Gasteiger partial charge in [-0.05, 0) is 61.4 Å². The van der Waals surface area contributed by atoms with Gasteiger partial charge < -0.3 is 9.47 Å². The van der Waals surface area contributed by atoms with E-state index in [0.717, 1.165) is 5.56 Å². The predicted octanol–water partition coefficient (Wildman–Crippen LogP) is 5.17. The van der Waals surface area contributed by atoms with Gasteiger partial charge in [-0.1, -0.05) is 65.4 Å². The molecule has 3 aromatic carbocycles. The number of fused-ring (bicyclic) bond motifs is 1. The van der Waals surface area contributed by atoms with Crippen molar-refractivity contribution in [2.24, 2.45) is 4.99 Å². The largest absolute Gasteiger partial charge is 0.488 e. The number of carbonyl (C=O) groups is 1. The molecule has 0 amide bonds. The molecule has 1 aliphatic rings. The van der Waals surface area contributed by atoms with E-state index in [-0.39, 0.29) is 17.7 Å². The summed E-state index contributed by atoms with van der Waals surface area (Å²) in [6, 6.07) is 19.7. The van der Waals surface area contributed by atoms with Crippen LogP contribution in [0.15, 0.2) is 93.9 Å². The Bertz CT molecular complexity index is 1760. The fourth-order valence-electron chi connectivity index (χ4n) is 4.41. The quantitative estimate of drug-likeness (QED) is 0.291. The molecule has 198 valence electrons. The molecular weight excluding hydrogens is 539 g/mol. The summed E-state index contributed by atoms with van der Waals surface area (Å²) in [5, 5.41) is 0.624. The second kappa shape index (κ2) is 11.4. The van der Waals surface area contributed by atoms with Gasteiger partial charge in [-0.15, -0.1) is 0 Å². The molecule has 1 atom stereocenters. The fraction of sp³-hybridized carbons (Fsp3) is 0.167. The zero-order chi connectivity index (χ0) is 27.5. The summed E-state index contributed by atoms with van der Waals surface area (Å²) < 4.78 is 27.0. The number of thiazole rings is 1. The van der Waals surface area contributed by atoms with Gasteiger partial charge in [0.1, 0.15) is 18.2 Å². The molecule has 0 saturated heterocycles. The van der Waals surface area contributed by atoms with Crippen LogP contribution in [0.1, 0.15) is 36.6 Å². The van der Waals surface area contributed by atoms with E-state index < -0.39 is 17.8 Å². The van der Waals surface area contributed by atoms with Crippen molar-refractivity contribution in [3.8, 4) is 5.75 Å². The number of hydrogen-bond acceptors (Lipinski definition) is 6. The summed E-state index contributed by atoms with van der Waals surface area (Å²) in [5.41, 5.74) is 2.56. The lowest BCUT2D eigenvalue weighted by Gasteiger charge is -2.24. The number of hydrogen-bond donors (Lipinski definition) is 0. The highest BCUT2D eigenvalue weighted by Crippen LogP contribution is 2.31. The Morgan fingerprint density at radius 2 is 1.90 bits per heavy atom. The standard InChI is InChI=1S/C30H24ClFN2O4S/c1-3-37-29(36)26-18(2)33-30-34(27(26)20-11-13-23(32)14-12-20)28(35)25(39-30)16-21-8-4-5-10-24(21)38-17-19-7-6-9-22(31)15-19/h4-16,27H,3,17H2,1-2H3/t27-/m1/s1. The lowest BCUT2D eigenvalue weighted by Crippen LogP contribution is -2.39. The minimum atomic E-state index is -0.808. The molecule has 0 radical (unpaired) electrons. The smallest absolute Gasteiger partial charge is 0.338 e. The first-order valence-corrected chi connectivity index (χ1v) is 13.5. The maximum atomic E-state index is 13.8. The number of ether oxygens (including phenoxy) is 2. The third-order valence-corrected chi connectivity index (χ3v) is 7.41. The molecule has 1 aliphatic heterocycles. The molecule has 1 aromatic heterocycles. The van der Waals surface area contributed by atoms with E-state index in [9.17, 15) is 14.0 Å². The maximum Gasteiger partial charge on any atom is 0.338 e. The van der Waals surface area contributed by atoms with Crippen LogP contribution in [0.3, 0.4) is 0 Å². The van der Waals surface area contributed by atoms with Gasteiger partial charge in [0.15, 0.2) is 4.80 Å². The molecule has 39 heavy (non-hydrogen) atoms. The van der Waals surface area contributed by atoms with Crippen molar-refractivity contribution in [1.29, 1.82) is 0 Å². The van der Waals surface area contributed by atoms with Gasteiger partial charge in [0.2, 0.25) is 0 Å². The number of carbonyl (C=O) groups excluding carboxylic acids is 1. The lowest BCUT2D eigenvalue weighted by molar-refractivity contribution is -0.139. The van der Waals surface area contributed by atoms with Gasteiger partial charge in [0.05, 0.1) is 28.5 Å². The van der Waals surface area contributed by atoms with Crippen molar-refractivity contribution in [2.45, 2.75) is 26.5 Å². The Morgan fingerprint density at radius 1 is 1.13 bits per heavy atom. The number of rotatable bonds is 7. The van der Waals surface area contributed by atoms with E-state index in [1.54, 1.807) is 38.1 Å². The molecule has 5 rings (SSSR count). The number of benzene rings is 3. The highest BCUT2D eigenvalue weighted by atomic mass is 35.5. The number of halogens is 2. The summed E-state index contributed by atoms with van der Waals surface area (Å²) in [6.45, 7) is 3.89. The van der Waals surface area contributed by atoms with Gasteiger partial charge in [-0.3, -0.25) is 9.36 Å². The monoisotopic (exact) mass is 562 g/mol. The number of allylic oxidation sites excluding steroid dienone is 1. The van der Waals surface area contributed by atoms with Crippen LogP contribution in [-0.4, -0.2) is 17.1 Å². The van der Waals surface area contributed by atoms with E-state index in [1.807, 2.05) is 42.5 Å². The molecule has 0 spiro atoms. The maximum absolute atomic E-state index is 13.8. The van der Waals surface area contributed by atoms with Crippen molar-refractivity contribution in [3.63, 3.8) is 0 Å². The Hall–Kier alpha value is -4.01. The third-order valence-electron chi connectivity index (χ3n) is 6.19. The zero-order valence-electron chi connectivity index (χ0n) is 21.2. The minimum Gasteiger partial charge on any atom is -0.488 e. The Kier molecular flexibility index (Phi) is 7.77. The van der Waals surface area contributed by atoms with E-state index >= 15 is 0 Å². The van der Waals surface area contributed by atoms with Crippen LogP contribution in [0, 0.1) is 5.82 Å². The van der Waals surface area contributed by atoms with Gasteiger partial charge in [-0.25, -0.2) is 14.2 Å². The van der Waals surface area contributed by atoms with Crippen LogP contribution in [-0.2, 0) is 16.1 Å². The fourth-order valence-corrected chi connectivity index (χ4v) is 5.66. The summed E-state index contributed by atoms with van der Waals surface area (Å²) in [4.78, 5) is 31.8. The Morgan fingerprint density at radius 3 is 2.64 bits per heavy atom. The van der Waals surface area contributed by atoms with Crippen molar-refractivity contribution in [2.75, 3.05) is 6.61 Å². The lowest BCUT2D eigenvalue weighted by atomic mass is 9.96. The van der Waals surface area contributed by atoms with Crippen LogP contribution in [0.4, 0.5) is 4.39 Å². The summed E-state index contributed by atoms with van der Waals surface area (Å²) >= 11 is 7.31. The molecule has 0 unspecified atom stereocenters. The van der Waals surface area contributed by atoms with Crippen LogP contribution in [0.25, 0.3) is 6.08 Å². The summed E-state index contributed by atoms with van der Waals surface area (Å²) in [5.74, 6) is -0.386. The average molecular weight is 563 g/mol. The normalized spacial score (nSPS) is 15.1. The first-order chi connectivity index (χ1) is 18.9. The number of aromatic nitrogens is 1. The summed E-state index contributed by atoms with van der Waals surface area (Å²) in [7, 11) is 0. The SMILES string of the molecule is CCOC(=O)C1=C(C)N=c2sc(=Cc3ccccc3OCc3cccc(Cl)c3)c(=O)n2[C@@H]1c1ccc(F)cc1. The third kappa shape index (κ3) is 5.57. The highest BCUT2D eigenvalue weighted by molar-refractivity contribution is 7.07. The van der Waals surface area contributed by atoms with Crippen LogP contribution >= 0.6 is 22.9 Å². The molecule has 9 heteroatoms. The molecule has 0 N–H and O–H groups in total. The van der Waals surface area contributed by atoms with Gasteiger partial charge in [0, 0.05) is 10.6 Å². The number of esters is 1. The van der Waals surface area contributed by atoms with Crippen LogP contribution < -0.4 is 19.6 Å². The van der Waals surface area contributed by atoms with Crippen molar-refractivity contribution in [1.82, 2.24) is 4.57 Å². The first-order valence-electron chi connectivity index (χ1n) is 12.3. The molecular formula is C30H24ClFN2O4S.